The minimum atomic E-state index is -1.82. The fraction of sp³-hybridized carbons (Fsp3) is 0.684. The highest BCUT2D eigenvalue weighted by atomic mass is 28.4. The van der Waals surface area contributed by atoms with Gasteiger partial charge in [0.2, 0.25) is 0 Å². The molecule has 0 amide bonds. The van der Waals surface area contributed by atoms with Crippen LogP contribution in [0.4, 0.5) is 0 Å². The van der Waals surface area contributed by atoms with Gasteiger partial charge in [0.1, 0.15) is 17.1 Å². The zero-order valence-electron chi connectivity index (χ0n) is 15.4. The summed E-state index contributed by atoms with van der Waals surface area (Å²) in [4.78, 5) is 0. The van der Waals surface area contributed by atoms with Gasteiger partial charge < -0.3 is 9.16 Å². The maximum Gasteiger partial charge on any atom is 0.250 e. The topological polar surface area (TPSA) is 18.5 Å². The molecule has 3 rings (SSSR count). The van der Waals surface area contributed by atoms with Gasteiger partial charge in [-0.25, -0.2) is 0 Å². The van der Waals surface area contributed by atoms with Gasteiger partial charge in [-0.05, 0) is 68.4 Å². The lowest BCUT2D eigenvalue weighted by Gasteiger charge is -2.38. The first-order chi connectivity index (χ1) is 9.97. The van der Waals surface area contributed by atoms with E-state index in [0.29, 0.717) is 0 Å². The van der Waals surface area contributed by atoms with Crippen molar-refractivity contribution in [3.63, 3.8) is 0 Å². The smallest absolute Gasteiger partial charge is 0.250 e. The van der Waals surface area contributed by atoms with Gasteiger partial charge in [-0.15, -0.1) is 0 Å². The van der Waals surface area contributed by atoms with Gasteiger partial charge in [0.25, 0.3) is 8.32 Å². The maximum absolute atomic E-state index is 6.71. The van der Waals surface area contributed by atoms with Gasteiger partial charge >= 0.3 is 0 Å². The van der Waals surface area contributed by atoms with Crippen LogP contribution >= 0.6 is 0 Å². The normalized spacial score (nSPS) is 19.1. The van der Waals surface area contributed by atoms with E-state index in [9.17, 15) is 0 Å². The van der Waals surface area contributed by atoms with E-state index in [-0.39, 0.29) is 10.6 Å². The molecule has 0 bridgehead atoms. The molecule has 0 atom stereocenters. The van der Waals surface area contributed by atoms with Crippen molar-refractivity contribution in [1.82, 2.24) is 0 Å². The summed E-state index contributed by atoms with van der Waals surface area (Å²) in [5.74, 6) is 2.28. The van der Waals surface area contributed by atoms with Crippen LogP contribution in [0.3, 0.4) is 0 Å². The SMILES string of the molecule is Cc1c(C)c2c(c(C)c1O[Si](C)(C)C(C)(C)C)CC1(CC1)O2. The van der Waals surface area contributed by atoms with Crippen molar-refractivity contribution in [3.05, 3.63) is 22.3 Å². The average molecular weight is 319 g/mol. The first-order valence-electron chi connectivity index (χ1n) is 8.48. The highest BCUT2D eigenvalue weighted by molar-refractivity contribution is 6.74. The summed E-state index contributed by atoms with van der Waals surface area (Å²) in [5.41, 5.74) is 5.39. The van der Waals surface area contributed by atoms with Crippen LogP contribution in [0.2, 0.25) is 18.1 Å². The Morgan fingerprint density at radius 2 is 1.59 bits per heavy atom. The highest BCUT2D eigenvalue weighted by Gasteiger charge is 2.51. The van der Waals surface area contributed by atoms with Crippen LogP contribution in [0.5, 0.6) is 11.5 Å². The Bertz CT molecular complexity index is 634. The second kappa shape index (κ2) is 4.53. The zero-order chi connectivity index (χ0) is 16.5. The lowest BCUT2D eigenvalue weighted by molar-refractivity contribution is 0.209. The van der Waals surface area contributed by atoms with Gasteiger partial charge in [-0.1, -0.05) is 20.8 Å². The highest BCUT2D eigenvalue weighted by Crippen LogP contribution is 2.54. The van der Waals surface area contributed by atoms with Gasteiger partial charge in [0, 0.05) is 12.0 Å². The van der Waals surface area contributed by atoms with Crippen LogP contribution in [-0.4, -0.2) is 13.9 Å². The molecular formula is C19H30O2Si. The largest absolute Gasteiger partial charge is 0.543 e. The second-order valence-corrected chi connectivity index (χ2v) is 13.6. The number of fused-ring (bicyclic) bond motifs is 1. The van der Waals surface area contributed by atoms with Crippen molar-refractivity contribution in [1.29, 1.82) is 0 Å². The third-order valence-corrected chi connectivity index (χ3v) is 10.4. The van der Waals surface area contributed by atoms with Gasteiger partial charge in [0.15, 0.2) is 0 Å². The van der Waals surface area contributed by atoms with Crippen molar-refractivity contribution in [3.8, 4) is 11.5 Å². The van der Waals surface area contributed by atoms with Crippen LogP contribution in [0, 0.1) is 20.8 Å². The molecule has 0 radical (unpaired) electrons. The second-order valence-electron chi connectivity index (χ2n) is 8.84. The van der Waals surface area contributed by atoms with Crippen molar-refractivity contribution in [2.75, 3.05) is 0 Å². The molecule has 0 saturated heterocycles. The van der Waals surface area contributed by atoms with Crippen molar-refractivity contribution >= 4 is 8.32 Å². The molecule has 1 aromatic carbocycles. The molecule has 1 aliphatic heterocycles. The van der Waals surface area contributed by atoms with E-state index in [2.05, 4.69) is 54.6 Å². The molecule has 1 aliphatic carbocycles. The Kier molecular flexibility index (Phi) is 3.28. The minimum absolute atomic E-state index is 0.139. The monoisotopic (exact) mass is 318 g/mol. The molecule has 2 aliphatic rings. The third kappa shape index (κ3) is 2.29. The number of ether oxygens (including phenoxy) is 1. The van der Waals surface area contributed by atoms with Crippen LogP contribution in [-0.2, 0) is 6.42 Å². The van der Waals surface area contributed by atoms with E-state index in [0.717, 1.165) is 17.9 Å². The molecule has 1 fully saturated rings. The van der Waals surface area contributed by atoms with Crippen molar-refractivity contribution in [2.24, 2.45) is 0 Å². The molecule has 0 aromatic heterocycles. The third-order valence-electron chi connectivity index (χ3n) is 6.10. The average Bonchev–Trinajstić information content (AvgIpc) is 3.02. The number of benzene rings is 1. The Morgan fingerprint density at radius 1 is 1.00 bits per heavy atom. The molecule has 1 saturated carbocycles. The summed E-state index contributed by atoms with van der Waals surface area (Å²) in [6, 6.07) is 0. The Labute approximate surface area is 136 Å². The summed E-state index contributed by atoms with van der Waals surface area (Å²) in [6.07, 6.45) is 3.49. The molecule has 22 heavy (non-hydrogen) atoms. The predicted octanol–water partition coefficient (Wildman–Crippen LogP) is 5.46. The molecule has 1 spiro atoms. The maximum atomic E-state index is 6.71. The number of hydrogen-bond donors (Lipinski definition) is 0. The summed E-state index contributed by atoms with van der Waals surface area (Å²) in [6.45, 7) is 18.1. The first-order valence-corrected chi connectivity index (χ1v) is 11.4. The molecule has 0 N–H and O–H groups in total. The summed E-state index contributed by atoms with van der Waals surface area (Å²) in [5, 5.41) is 0.215. The first kappa shape index (κ1) is 15.9. The van der Waals surface area contributed by atoms with E-state index in [4.69, 9.17) is 9.16 Å². The fourth-order valence-corrected chi connectivity index (χ4v) is 4.18. The number of rotatable bonds is 2. The Morgan fingerprint density at radius 3 is 2.09 bits per heavy atom. The quantitative estimate of drug-likeness (QED) is 0.674. The molecule has 1 heterocycles. The predicted molar refractivity (Wildman–Crippen MR) is 94.8 cm³/mol. The van der Waals surface area contributed by atoms with Crippen LogP contribution in [0.25, 0.3) is 0 Å². The Hall–Kier alpha value is -0.963. The van der Waals surface area contributed by atoms with Crippen LogP contribution < -0.4 is 9.16 Å². The zero-order valence-corrected chi connectivity index (χ0v) is 16.4. The lowest BCUT2D eigenvalue weighted by Crippen LogP contribution is -2.44. The van der Waals surface area contributed by atoms with E-state index in [1.807, 2.05) is 0 Å². The van der Waals surface area contributed by atoms with Crippen molar-refractivity contribution in [2.45, 2.75) is 84.5 Å². The summed E-state index contributed by atoms with van der Waals surface area (Å²) < 4.78 is 13.0. The minimum Gasteiger partial charge on any atom is -0.543 e. The molecule has 2 nitrogen and oxygen atoms in total. The van der Waals surface area contributed by atoms with Gasteiger partial charge in [-0.2, -0.15) is 0 Å². The molecular weight excluding hydrogens is 288 g/mol. The van der Waals surface area contributed by atoms with Crippen LogP contribution in [0.15, 0.2) is 0 Å². The summed E-state index contributed by atoms with van der Waals surface area (Å²) in [7, 11) is -1.82. The molecule has 1 aromatic rings. The van der Waals surface area contributed by atoms with E-state index >= 15 is 0 Å². The van der Waals surface area contributed by atoms with E-state index in [1.54, 1.807) is 0 Å². The van der Waals surface area contributed by atoms with E-state index in [1.165, 1.54) is 35.1 Å². The fourth-order valence-electron chi connectivity index (χ4n) is 3.06. The van der Waals surface area contributed by atoms with E-state index < -0.39 is 8.32 Å². The summed E-state index contributed by atoms with van der Waals surface area (Å²) >= 11 is 0. The van der Waals surface area contributed by atoms with Crippen LogP contribution in [0.1, 0.15) is 55.9 Å². The molecule has 3 heteroatoms. The Balaban J connectivity index is 2.05. The van der Waals surface area contributed by atoms with Crippen molar-refractivity contribution < 1.29 is 9.16 Å². The molecule has 122 valence electrons. The number of hydrogen-bond acceptors (Lipinski definition) is 2. The molecule has 0 unspecified atom stereocenters. The standard InChI is InChI=1S/C19H30O2Si/c1-12-13(2)17-15(11-19(20-17)9-10-19)14(3)16(12)21-22(7,8)18(4,5)6/h9-11H2,1-8H3. The van der Waals surface area contributed by atoms with Gasteiger partial charge in [0.05, 0.1) is 0 Å². The van der Waals surface area contributed by atoms with Gasteiger partial charge in [-0.3, -0.25) is 0 Å². The lowest BCUT2D eigenvalue weighted by atomic mass is 9.96.